The first-order chi connectivity index (χ1) is 9.97. The summed E-state index contributed by atoms with van der Waals surface area (Å²) in [5.74, 6) is -1.71. The third-order valence-corrected chi connectivity index (χ3v) is 2.57. The predicted octanol–water partition coefficient (Wildman–Crippen LogP) is 1.13. The maximum atomic E-state index is 11.8. The third kappa shape index (κ3) is 3.41. The highest BCUT2D eigenvalue weighted by molar-refractivity contribution is 6.00. The van der Waals surface area contributed by atoms with Crippen LogP contribution in [0.2, 0.25) is 0 Å². The van der Waals surface area contributed by atoms with E-state index in [0.29, 0.717) is 0 Å². The Kier molecular flexibility index (Phi) is 3.93. The van der Waals surface area contributed by atoms with E-state index in [1.165, 1.54) is 18.2 Å². The third-order valence-electron chi connectivity index (χ3n) is 2.57. The zero-order valence-corrected chi connectivity index (χ0v) is 10.6. The first-order valence-corrected chi connectivity index (χ1v) is 5.76. The number of hydrogen-bond acceptors (Lipinski definition) is 5. The topological polar surface area (TPSA) is 127 Å². The van der Waals surface area contributed by atoms with E-state index in [-0.39, 0.29) is 23.5 Å². The summed E-state index contributed by atoms with van der Waals surface area (Å²) in [5.41, 5.74) is -0.123. The number of benzene rings is 1. The smallest absolute Gasteiger partial charge is 0.337 e. The van der Waals surface area contributed by atoms with Gasteiger partial charge in [-0.3, -0.25) is 19.6 Å². The highest BCUT2D eigenvalue weighted by Gasteiger charge is 2.14. The van der Waals surface area contributed by atoms with E-state index in [1.807, 2.05) is 0 Å². The molecule has 9 heteroatoms. The van der Waals surface area contributed by atoms with E-state index in [9.17, 15) is 19.7 Å². The normalized spacial score (nSPS) is 10.1. The van der Waals surface area contributed by atoms with Crippen LogP contribution in [-0.2, 0) is 11.3 Å². The molecule has 2 rings (SSSR count). The average Bonchev–Trinajstić information content (AvgIpc) is 2.87. The standard InChI is InChI=1S/C12H10N4O5/c17-11(7-15-6-8(5-13-15)16(20)21)14-10-4-2-1-3-9(10)12(18)19/h1-6H,7H2,(H,14,17)(H,18,19). The Labute approximate surface area is 118 Å². The van der Waals surface area contributed by atoms with Crippen molar-refractivity contribution in [2.24, 2.45) is 0 Å². The van der Waals surface area contributed by atoms with Crippen LogP contribution in [0.3, 0.4) is 0 Å². The maximum absolute atomic E-state index is 11.8. The van der Waals surface area contributed by atoms with E-state index < -0.39 is 16.8 Å². The van der Waals surface area contributed by atoms with Crippen LogP contribution in [0, 0.1) is 10.1 Å². The highest BCUT2D eigenvalue weighted by atomic mass is 16.6. The van der Waals surface area contributed by atoms with Gasteiger partial charge in [-0.15, -0.1) is 0 Å². The number of nitrogens with zero attached hydrogens (tertiary/aromatic N) is 3. The molecule has 0 atom stereocenters. The van der Waals surface area contributed by atoms with Gasteiger partial charge in [0.15, 0.2) is 0 Å². The summed E-state index contributed by atoms with van der Waals surface area (Å²) in [6, 6.07) is 5.93. The zero-order valence-electron chi connectivity index (χ0n) is 10.6. The van der Waals surface area contributed by atoms with Crippen LogP contribution in [0.4, 0.5) is 11.4 Å². The summed E-state index contributed by atoms with van der Waals surface area (Å²) in [6.45, 7) is -0.262. The number of para-hydroxylation sites is 1. The quantitative estimate of drug-likeness (QED) is 0.627. The second-order valence-corrected chi connectivity index (χ2v) is 4.05. The summed E-state index contributed by atoms with van der Waals surface area (Å²) in [6.07, 6.45) is 2.14. The molecule has 0 saturated carbocycles. The van der Waals surface area contributed by atoms with Crippen molar-refractivity contribution in [2.75, 3.05) is 5.32 Å². The van der Waals surface area contributed by atoms with E-state index in [2.05, 4.69) is 10.4 Å². The number of aromatic nitrogens is 2. The molecule has 108 valence electrons. The summed E-state index contributed by atoms with van der Waals surface area (Å²) >= 11 is 0. The minimum atomic E-state index is -1.17. The lowest BCUT2D eigenvalue weighted by atomic mass is 10.2. The number of amides is 1. The molecule has 0 aliphatic rings. The molecule has 21 heavy (non-hydrogen) atoms. The fourth-order valence-electron chi connectivity index (χ4n) is 1.65. The Morgan fingerprint density at radius 3 is 2.71 bits per heavy atom. The summed E-state index contributed by atoms with van der Waals surface area (Å²) in [5, 5.41) is 25.6. The number of carboxylic acid groups (broad SMARTS) is 1. The molecule has 0 saturated heterocycles. The molecule has 0 spiro atoms. The van der Waals surface area contributed by atoms with Gasteiger partial charge in [-0.2, -0.15) is 5.10 Å². The van der Waals surface area contributed by atoms with Crippen LogP contribution < -0.4 is 5.32 Å². The number of nitrogens with one attached hydrogen (secondary N) is 1. The number of nitro groups is 1. The van der Waals surface area contributed by atoms with Gasteiger partial charge in [-0.1, -0.05) is 12.1 Å². The number of anilines is 1. The van der Waals surface area contributed by atoms with Gasteiger partial charge in [-0.25, -0.2) is 4.79 Å². The summed E-state index contributed by atoms with van der Waals surface area (Å²) in [7, 11) is 0. The first kappa shape index (κ1) is 14.2. The van der Waals surface area contributed by atoms with E-state index in [0.717, 1.165) is 17.1 Å². The molecule has 0 unspecified atom stereocenters. The van der Waals surface area contributed by atoms with Crippen molar-refractivity contribution in [3.63, 3.8) is 0 Å². The van der Waals surface area contributed by atoms with Gasteiger partial charge >= 0.3 is 11.7 Å². The molecule has 2 aromatic rings. The van der Waals surface area contributed by atoms with Crippen LogP contribution in [0.15, 0.2) is 36.7 Å². The van der Waals surface area contributed by atoms with Crippen LogP contribution in [0.5, 0.6) is 0 Å². The highest BCUT2D eigenvalue weighted by Crippen LogP contribution is 2.15. The van der Waals surface area contributed by atoms with Crippen LogP contribution >= 0.6 is 0 Å². The number of carbonyl (C=O) groups excluding carboxylic acids is 1. The summed E-state index contributed by atoms with van der Waals surface area (Å²) in [4.78, 5) is 32.7. The van der Waals surface area contributed by atoms with Crippen molar-refractivity contribution >= 4 is 23.3 Å². The van der Waals surface area contributed by atoms with E-state index >= 15 is 0 Å². The van der Waals surface area contributed by atoms with Crippen LogP contribution in [0.25, 0.3) is 0 Å². The average molecular weight is 290 g/mol. The molecular formula is C12H10N4O5. The SMILES string of the molecule is O=C(Cn1cc([N+](=O)[O-])cn1)Nc1ccccc1C(=O)O. The Bertz CT molecular complexity index is 709. The first-order valence-electron chi connectivity index (χ1n) is 5.76. The zero-order chi connectivity index (χ0) is 15.4. The fraction of sp³-hybridized carbons (Fsp3) is 0.0833. The Morgan fingerprint density at radius 2 is 2.10 bits per heavy atom. The van der Waals surface area contributed by atoms with E-state index in [4.69, 9.17) is 5.11 Å². The van der Waals surface area contributed by atoms with Gasteiger partial charge < -0.3 is 10.4 Å². The van der Waals surface area contributed by atoms with Crippen molar-refractivity contribution < 1.29 is 19.6 Å². The number of aromatic carboxylic acids is 1. The van der Waals surface area contributed by atoms with Gasteiger partial charge in [0, 0.05) is 0 Å². The molecule has 0 aliphatic carbocycles. The largest absolute Gasteiger partial charge is 0.478 e. The molecule has 0 fully saturated rings. The lowest BCUT2D eigenvalue weighted by Crippen LogP contribution is -2.20. The van der Waals surface area contributed by atoms with Crippen molar-refractivity contribution in [3.05, 3.63) is 52.3 Å². The van der Waals surface area contributed by atoms with Gasteiger partial charge in [0.05, 0.1) is 16.2 Å². The number of carboxylic acids is 1. The molecule has 0 bridgehead atoms. The molecule has 9 nitrogen and oxygen atoms in total. The lowest BCUT2D eigenvalue weighted by molar-refractivity contribution is -0.385. The summed E-state index contributed by atoms with van der Waals surface area (Å²) < 4.78 is 1.09. The molecule has 1 amide bonds. The monoisotopic (exact) mass is 290 g/mol. The molecule has 0 aliphatic heterocycles. The van der Waals surface area contributed by atoms with E-state index in [1.54, 1.807) is 6.07 Å². The van der Waals surface area contributed by atoms with Crippen molar-refractivity contribution in [2.45, 2.75) is 6.54 Å². The predicted molar refractivity (Wildman–Crippen MR) is 70.9 cm³/mol. The molecule has 2 N–H and O–H groups in total. The molecule has 0 radical (unpaired) electrons. The Balaban J connectivity index is 2.08. The second kappa shape index (κ2) is 5.82. The minimum Gasteiger partial charge on any atom is -0.478 e. The van der Waals surface area contributed by atoms with Crippen molar-refractivity contribution in [1.82, 2.24) is 9.78 Å². The van der Waals surface area contributed by atoms with Gasteiger partial charge in [0.1, 0.15) is 18.9 Å². The fourth-order valence-corrected chi connectivity index (χ4v) is 1.65. The van der Waals surface area contributed by atoms with Crippen LogP contribution in [-0.4, -0.2) is 31.7 Å². The van der Waals surface area contributed by atoms with Gasteiger partial charge in [-0.05, 0) is 12.1 Å². The van der Waals surface area contributed by atoms with Gasteiger partial charge in [0.2, 0.25) is 5.91 Å². The molecule has 1 heterocycles. The minimum absolute atomic E-state index is 0.0442. The Morgan fingerprint density at radius 1 is 1.38 bits per heavy atom. The van der Waals surface area contributed by atoms with Crippen molar-refractivity contribution in [3.8, 4) is 0 Å². The van der Waals surface area contributed by atoms with Crippen molar-refractivity contribution in [1.29, 1.82) is 0 Å². The molecule has 1 aromatic carbocycles. The number of carbonyl (C=O) groups is 2. The number of rotatable bonds is 5. The molecular weight excluding hydrogens is 280 g/mol. The Hall–Kier alpha value is -3.23. The second-order valence-electron chi connectivity index (χ2n) is 4.05. The lowest BCUT2D eigenvalue weighted by Gasteiger charge is -2.07. The maximum Gasteiger partial charge on any atom is 0.337 e. The molecule has 1 aromatic heterocycles. The van der Waals surface area contributed by atoms with Gasteiger partial charge in [0.25, 0.3) is 0 Å². The van der Waals surface area contributed by atoms with Crippen LogP contribution in [0.1, 0.15) is 10.4 Å². The number of hydrogen-bond donors (Lipinski definition) is 2.